The van der Waals surface area contributed by atoms with Crippen molar-refractivity contribution in [3.8, 4) is 0 Å². The number of H-pyrrole nitrogens is 2. The molecule has 0 aromatic carbocycles. The maximum Gasteiger partial charge on any atom is 0.340 e. The zero-order valence-corrected chi connectivity index (χ0v) is 29.7. The molecular weight excluding hydrogens is 640 g/mol. The fourth-order valence-electron chi connectivity index (χ4n) is 6.33. The maximum absolute atomic E-state index is 13.4. The number of carbonyl (C=O) groups excluding carboxylic acids is 4. The molecule has 5 heterocycles. The first-order chi connectivity index (χ1) is 23.9. The Hall–Kier alpha value is -5.52. The van der Waals surface area contributed by atoms with Crippen LogP contribution in [0.2, 0.25) is 0 Å². The van der Waals surface area contributed by atoms with Crippen LogP contribution < -0.4 is 0 Å². The lowest BCUT2D eigenvalue weighted by Crippen LogP contribution is -2.05. The van der Waals surface area contributed by atoms with Crippen LogP contribution in [0.15, 0.2) is 24.3 Å². The van der Waals surface area contributed by atoms with E-state index in [0.29, 0.717) is 79.9 Å². The number of nitrogens with zero attached hydrogens (tertiary/aromatic N) is 2. The van der Waals surface area contributed by atoms with Gasteiger partial charge in [-0.2, -0.15) is 0 Å². The molecule has 2 N–H and O–H groups in total. The molecule has 3 aromatic heterocycles. The lowest BCUT2D eigenvalue weighted by Gasteiger charge is -2.06. The van der Waals surface area contributed by atoms with Crippen molar-refractivity contribution in [2.45, 2.75) is 67.2 Å². The minimum Gasteiger partial charge on any atom is -0.469 e. The monoisotopic (exact) mass is 682 g/mol. The Kier molecular flexibility index (Phi) is 10.7. The van der Waals surface area contributed by atoms with E-state index < -0.39 is 11.9 Å². The van der Waals surface area contributed by atoms with Crippen LogP contribution in [-0.2, 0) is 28.5 Å². The summed E-state index contributed by atoms with van der Waals surface area (Å²) in [5.41, 5.74) is 9.94. The molecule has 0 fully saturated rings. The second-order valence-electron chi connectivity index (χ2n) is 12.0. The highest BCUT2D eigenvalue weighted by atomic mass is 16.5. The number of esters is 4. The number of aromatic amines is 2. The highest BCUT2D eigenvalue weighted by Gasteiger charge is 2.25. The molecule has 0 radical (unpaired) electrons. The van der Waals surface area contributed by atoms with Gasteiger partial charge in [-0.05, 0) is 112 Å². The Labute approximate surface area is 289 Å². The number of rotatable bonds is 10. The summed E-state index contributed by atoms with van der Waals surface area (Å²) < 4.78 is 20.8. The number of allylic oxidation sites excluding steroid dienone is 4. The number of hydrogen-bond donors (Lipinski definition) is 2. The average Bonchev–Trinajstić information content (AvgIpc) is 3.75. The van der Waals surface area contributed by atoms with Gasteiger partial charge in [-0.25, -0.2) is 19.6 Å². The summed E-state index contributed by atoms with van der Waals surface area (Å²) in [7, 11) is 2.70. The second kappa shape index (κ2) is 14.9. The molecule has 0 amide bonds. The summed E-state index contributed by atoms with van der Waals surface area (Å²) in [6.07, 6.45) is 1.00. The Bertz CT molecular complexity index is 2130. The summed E-state index contributed by atoms with van der Waals surface area (Å²) in [6.45, 7) is 11.4. The van der Waals surface area contributed by atoms with Gasteiger partial charge >= 0.3 is 23.9 Å². The van der Waals surface area contributed by atoms with Crippen LogP contribution in [0.5, 0.6) is 0 Å². The van der Waals surface area contributed by atoms with Crippen molar-refractivity contribution in [2.24, 2.45) is 0 Å². The molecule has 8 bridgehead atoms. The normalized spacial score (nSPS) is 12.6. The van der Waals surface area contributed by atoms with Gasteiger partial charge in [0.15, 0.2) is 0 Å². The van der Waals surface area contributed by atoms with Crippen molar-refractivity contribution >= 4 is 68.2 Å². The predicted octanol–water partition coefficient (Wildman–Crippen LogP) is 7.05. The van der Waals surface area contributed by atoms with Crippen LogP contribution in [0.3, 0.4) is 0 Å². The lowest BCUT2D eigenvalue weighted by atomic mass is 9.98. The first-order valence-electron chi connectivity index (χ1n) is 16.6. The van der Waals surface area contributed by atoms with Gasteiger partial charge in [-0.15, -0.1) is 0 Å². The Morgan fingerprint density at radius 1 is 0.580 bits per heavy atom. The van der Waals surface area contributed by atoms with Crippen molar-refractivity contribution < 1.29 is 38.1 Å². The molecule has 2 aliphatic heterocycles. The fourth-order valence-corrected chi connectivity index (χ4v) is 6.33. The van der Waals surface area contributed by atoms with Gasteiger partial charge in [0.25, 0.3) is 0 Å². The molecule has 0 atom stereocenters. The highest BCUT2D eigenvalue weighted by Crippen LogP contribution is 2.38. The molecule has 0 unspecified atom stereocenters. The van der Waals surface area contributed by atoms with Gasteiger partial charge in [0.05, 0.1) is 72.4 Å². The third-order valence-electron chi connectivity index (χ3n) is 9.11. The van der Waals surface area contributed by atoms with Gasteiger partial charge in [0.2, 0.25) is 0 Å². The molecule has 262 valence electrons. The summed E-state index contributed by atoms with van der Waals surface area (Å²) in [6, 6.07) is 7.30. The van der Waals surface area contributed by atoms with Crippen LogP contribution in [0.1, 0.15) is 108 Å². The van der Waals surface area contributed by atoms with Crippen LogP contribution in [0.4, 0.5) is 0 Å². The fraction of sp³-hybridized carbons (Fsp3) is 0.368. The summed E-state index contributed by atoms with van der Waals surface area (Å²) in [5, 5.41) is 0. The van der Waals surface area contributed by atoms with Gasteiger partial charge in [-0.1, -0.05) is 0 Å². The van der Waals surface area contributed by atoms with E-state index in [1.807, 2.05) is 39.8 Å². The Morgan fingerprint density at radius 2 is 0.980 bits per heavy atom. The smallest absolute Gasteiger partial charge is 0.340 e. The number of hydrogen-bond acceptors (Lipinski definition) is 10. The molecule has 0 spiro atoms. The molecule has 5 rings (SSSR count). The molecule has 3 aromatic rings. The molecule has 0 saturated carbocycles. The van der Waals surface area contributed by atoms with Crippen molar-refractivity contribution in [3.05, 3.63) is 69.3 Å². The van der Waals surface area contributed by atoms with Gasteiger partial charge in [0.1, 0.15) is 0 Å². The number of aryl methyl sites for hydroxylation is 2. The van der Waals surface area contributed by atoms with E-state index in [9.17, 15) is 19.2 Å². The summed E-state index contributed by atoms with van der Waals surface area (Å²) >= 11 is 0. The molecule has 2 aliphatic rings. The van der Waals surface area contributed by atoms with Gasteiger partial charge in [-0.3, -0.25) is 9.59 Å². The molecule has 12 nitrogen and oxygen atoms in total. The molecule has 0 saturated heterocycles. The number of fused-ring (bicyclic) bond motifs is 8. The van der Waals surface area contributed by atoms with Gasteiger partial charge < -0.3 is 28.9 Å². The highest BCUT2D eigenvalue weighted by molar-refractivity contribution is 6.05. The third-order valence-corrected chi connectivity index (χ3v) is 9.11. The maximum atomic E-state index is 13.4. The van der Waals surface area contributed by atoms with Gasteiger partial charge in [0, 0.05) is 23.9 Å². The van der Waals surface area contributed by atoms with Crippen molar-refractivity contribution in [1.82, 2.24) is 19.9 Å². The number of carbonyl (C=O) groups is 4. The van der Waals surface area contributed by atoms with Crippen molar-refractivity contribution in [2.75, 3.05) is 27.4 Å². The SMILES string of the molecule is CCOC(=O)c1c(C)c2cc3[nH]c(cc4nc(cc5nc(cc1[nH]2)C(C)=C5CCC(=O)OC)C(CCC(=O)OC)=C4C)c(C)c3C(=O)OCC. The molecule has 50 heavy (non-hydrogen) atoms. The Balaban J connectivity index is 1.93. The first-order valence-corrected chi connectivity index (χ1v) is 16.6. The summed E-state index contributed by atoms with van der Waals surface area (Å²) in [5.74, 6) is -1.70. The number of aromatic nitrogens is 4. The van der Waals surface area contributed by atoms with E-state index in [4.69, 9.17) is 28.9 Å². The van der Waals surface area contributed by atoms with Crippen LogP contribution in [-0.4, -0.2) is 71.2 Å². The zero-order valence-electron chi connectivity index (χ0n) is 29.7. The predicted molar refractivity (Wildman–Crippen MR) is 190 cm³/mol. The number of methoxy groups -OCH3 is 2. The van der Waals surface area contributed by atoms with E-state index in [-0.39, 0.29) is 38.0 Å². The zero-order chi connectivity index (χ0) is 36.3. The van der Waals surface area contributed by atoms with E-state index >= 15 is 0 Å². The van der Waals surface area contributed by atoms with Crippen LogP contribution in [0, 0.1) is 13.8 Å². The van der Waals surface area contributed by atoms with E-state index in [2.05, 4.69) is 9.97 Å². The number of nitrogens with one attached hydrogen (secondary N) is 2. The largest absolute Gasteiger partial charge is 0.469 e. The topological polar surface area (TPSA) is 163 Å². The average molecular weight is 683 g/mol. The Morgan fingerprint density at radius 3 is 1.40 bits per heavy atom. The minimum absolute atomic E-state index is 0.136. The molecule has 12 heteroatoms. The molecule has 0 aliphatic carbocycles. The quantitative estimate of drug-likeness (QED) is 0.167. The number of ether oxygens (including phenoxy) is 4. The first kappa shape index (κ1) is 35.8. The lowest BCUT2D eigenvalue weighted by molar-refractivity contribution is -0.141. The summed E-state index contributed by atoms with van der Waals surface area (Å²) in [4.78, 5) is 68.0. The second-order valence-corrected chi connectivity index (χ2v) is 12.0. The van der Waals surface area contributed by atoms with Crippen molar-refractivity contribution in [1.29, 1.82) is 0 Å². The van der Waals surface area contributed by atoms with Crippen LogP contribution >= 0.6 is 0 Å². The van der Waals surface area contributed by atoms with Crippen LogP contribution in [0.25, 0.3) is 44.4 Å². The minimum atomic E-state index is -0.506. The molecular formula is C38H42N4O8. The van der Waals surface area contributed by atoms with E-state index in [0.717, 1.165) is 22.3 Å². The van der Waals surface area contributed by atoms with E-state index in [1.54, 1.807) is 26.0 Å². The van der Waals surface area contributed by atoms with E-state index in [1.165, 1.54) is 14.2 Å². The standard InChI is InChI=1S/C38H42N4O8/c1-9-49-37(45)35-21(5)27-15-25-19(3)23(11-13-33(43)47-7)29(39-25)18-30-24(12-14-34(44)48-8)20(4)26(40-30)16-31-36(38(46)50-10-2)22(6)28(42-31)17-32(35)41-27/h15-18,41-42H,9-14H2,1-8H3. The van der Waals surface area contributed by atoms with Crippen molar-refractivity contribution in [3.63, 3.8) is 0 Å². The third kappa shape index (κ3) is 6.96.